The van der Waals surface area contributed by atoms with Gasteiger partial charge in [-0.25, -0.2) is 5.43 Å². The maximum absolute atomic E-state index is 12.2. The Balaban J connectivity index is 1.41. The van der Waals surface area contributed by atoms with E-state index >= 15 is 0 Å². The van der Waals surface area contributed by atoms with Crippen molar-refractivity contribution in [3.8, 4) is 5.75 Å². The maximum atomic E-state index is 12.2. The van der Waals surface area contributed by atoms with Crippen molar-refractivity contribution in [2.24, 2.45) is 11.0 Å². The van der Waals surface area contributed by atoms with Gasteiger partial charge >= 0.3 is 0 Å². The van der Waals surface area contributed by atoms with Gasteiger partial charge in [0.05, 0.1) is 13.3 Å². The van der Waals surface area contributed by atoms with Gasteiger partial charge < -0.3 is 9.72 Å². The minimum absolute atomic E-state index is 0.0163. The van der Waals surface area contributed by atoms with Crippen LogP contribution in [0.1, 0.15) is 23.5 Å². The lowest BCUT2D eigenvalue weighted by Gasteiger charge is -2.00. The van der Waals surface area contributed by atoms with Crippen LogP contribution in [0.3, 0.4) is 0 Å². The summed E-state index contributed by atoms with van der Waals surface area (Å²) in [4.78, 5) is 15.4. The number of rotatable bonds is 5. The van der Waals surface area contributed by atoms with Crippen LogP contribution in [0.25, 0.3) is 10.9 Å². The Morgan fingerprint density at radius 2 is 2.12 bits per heavy atom. The van der Waals surface area contributed by atoms with E-state index in [1.54, 1.807) is 13.3 Å². The van der Waals surface area contributed by atoms with Gasteiger partial charge in [-0.3, -0.25) is 4.79 Å². The van der Waals surface area contributed by atoms with Crippen LogP contribution < -0.4 is 10.2 Å². The zero-order valence-corrected chi connectivity index (χ0v) is 13.9. The van der Waals surface area contributed by atoms with E-state index in [2.05, 4.69) is 27.6 Å². The Hall–Kier alpha value is -3.08. The Morgan fingerprint density at radius 3 is 2.92 bits per heavy atom. The highest BCUT2D eigenvalue weighted by Gasteiger charge is 2.43. The molecule has 0 spiro atoms. The molecule has 1 aromatic heterocycles. The van der Waals surface area contributed by atoms with Gasteiger partial charge in [0.25, 0.3) is 0 Å². The number of amides is 1. The van der Waals surface area contributed by atoms with E-state index in [1.165, 1.54) is 5.56 Å². The molecule has 1 fully saturated rings. The van der Waals surface area contributed by atoms with Crippen molar-refractivity contribution in [2.75, 3.05) is 7.11 Å². The summed E-state index contributed by atoms with van der Waals surface area (Å²) in [6.45, 7) is 0. The first-order chi connectivity index (χ1) is 12.3. The zero-order valence-electron chi connectivity index (χ0n) is 13.9. The predicted molar refractivity (Wildman–Crippen MR) is 97.9 cm³/mol. The SMILES string of the molecule is COc1ccc2[nH]cc(C=NNC(=O)C3CC3c3ccccc3)c2c1. The molecule has 126 valence electrons. The fraction of sp³-hybridized carbons (Fsp3) is 0.200. The van der Waals surface area contributed by atoms with E-state index in [-0.39, 0.29) is 11.8 Å². The van der Waals surface area contributed by atoms with E-state index < -0.39 is 0 Å². The van der Waals surface area contributed by atoms with E-state index in [9.17, 15) is 4.79 Å². The normalized spacial score (nSPS) is 19.2. The molecule has 1 aliphatic carbocycles. The second kappa shape index (κ2) is 6.43. The highest BCUT2D eigenvalue weighted by molar-refractivity contribution is 6.00. The maximum Gasteiger partial charge on any atom is 0.243 e. The Labute approximate surface area is 145 Å². The number of hydrogen-bond acceptors (Lipinski definition) is 3. The van der Waals surface area contributed by atoms with Crippen LogP contribution in [-0.2, 0) is 4.79 Å². The van der Waals surface area contributed by atoms with Gasteiger partial charge in [-0.15, -0.1) is 0 Å². The van der Waals surface area contributed by atoms with Crippen molar-refractivity contribution in [1.29, 1.82) is 0 Å². The lowest BCUT2D eigenvalue weighted by Crippen LogP contribution is -2.20. The molecule has 0 bridgehead atoms. The van der Waals surface area contributed by atoms with Crippen molar-refractivity contribution < 1.29 is 9.53 Å². The topological polar surface area (TPSA) is 66.5 Å². The molecule has 2 aromatic carbocycles. The standard InChI is InChI=1S/C20H19N3O2/c1-25-15-7-8-19-17(9-15)14(11-21-19)12-22-23-20(24)18-10-16(18)13-5-3-2-4-6-13/h2-9,11-12,16,18,21H,10H2,1H3,(H,23,24). The molecule has 2 atom stereocenters. The van der Waals surface area contributed by atoms with Crippen LogP contribution in [0, 0.1) is 5.92 Å². The number of nitrogens with zero attached hydrogens (tertiary/aromatic N) is 1. The van der Waals surface area contributed by atoms with Gasteiger partial charge in [0.1, 0.15) is 5.75 Å². The number of benzene rings is 2. The van der Waals surface area contributed by atoms with Crippen LogP contribution in [-0.4, -0.2) is 24.2 Å². The van der Waals surface area contributed by atoms with Crippen molar-refractivity contribution in [3.63, 3.8) is 0 Å². The highest BCUT2D eigenvalue weighted by atomic mass is 16.5. The number of nitrogens with one attached hydrogen (secondary N) is 2. The van der Waals surface area contributed by atoms with E-state index in [1.807, 2.05) is 42.6 Å². The molecule has 1 aliphatic rings. The molecule has 0 saturated heterocycles. The van der Waals surface area contributed by atoms with Crippen molar-refractivity contribution in [1.82, 2.24) is 10.4 Å². The van der Waals surface area contributed by atoms with E-state index in [0.717, 1.165) is 28.6 Å². The largest absolute Gasteiger partial charge is 0.497 e. The third-order valence-electron chi connectivity index (χ3n) is 4.65. The minimum Gasteiger partial charge on any atom is -0.497 e. The lowest BCUT2D eigenvalue weighted by atomic mass is 10.1. The third kappa shape index (κ3) is 3.13. The Morgan fingerprint density at radius 1 is 1.28 bits per heavy atom. The molecule has 5 nitrogen and oxygen atoms in total. The first-order valence-electron chi connectivity index (χ1n) is 8.29. The number of aromatic amines is 1. The Bertz CT molecular complexity index is 931. The van der Waals surface area contributed by atoms with Crippen LogP contribution in [0.4, 0.5) is 0 Å². The quantitative estimate of drug-likeness (QED) is 0.555. The number of H-pyrrole nitrogens is 1. The number of fused-ring (bicyclic) bond motifs is 1. The second-order valence-corrected chi connectivity index (χ2v) is 6.25. The summed E-state index contributed by atoms with van der Waals surface area (Å²) in [5.41, 5.74) is 5.79. The molecule has 1 amide bonds. The first-order valence-corrected chi connectivity index (χ1v) is 8.29. The number of hydrazone groups is 1. The molecule has 1 heterocycles. The summed E-state index contributed by atoms with van der Waals surface area (Å²) in [7, 11) is 1.64. The third-order valence-corrected chi connectivity index (χ3v) is 4.65. The van der Waals surface area contributed by atoms with Gasteiger partial charge in [-0.05, 0) is 36.1 Å². The van der Waals surface area contributed by atoms with Crippen molar-refractivity contribution in [3.05, 3.63) is 65.9 Å². The summed E-state index contributed by atoms with van der Waals surface area (Å²) in [5, 5.41) is 5.13. The van der Waals surface area contributed by atoms with Crippen LogP contribution >= 0.6 is 0 Å². The van der Waals surface area contributed by atoms with Gasteiger partial charge in [-0.2, -0.15) is 5.10 Å². The molecule has 2 N–H and O–H groups in total. The molecule has 2 unspecified atom stereocenters. The number of hydrogen-bond donors (Lipinski definition) is 2. The summed E-state index contributed by atoms with van der Waals surface area (Å²) >= 11 is 0. The molecule has 3 aromatic rings. The van der Waals surface area contributed by atoms with Gasteiger partial charge in [0.15, 0.2) is 0 Å². The zero-order chi connectivity index (χ0) is 17.2. The highest BCUT2D eigenvalue weighted by Crippen LogP contribution is 2.47. The molecule has 4 rings (SSSR count). The van der Waals surface area contributed by atoms with E-state index in [4.69, 9.17) is 4.74 Å². The monoisotopic (exact) mass is 333 g/mol. The fourth-order valence-electron chi connectivity index (χ4n) is 3.16. The molecule has 0 radical (unpaired) electrons. The fourth-order valence-corrected chi connectivity index (χ4v) is 3.16. The molecule has 0 aliphatic heterocycles. The average Bonchev–Trinajstić information content (AvgIpc) is 3.37. The molecule has 5 heteroatoms. The van der Waals surface area contributed by atoms with Crippen LogP contribution in [0.15, 0.2) is 59.8 Å². The van der Waals surface area contributed by atoms with E-state index in [0.29, 0.717) is 5.92 Å². The summed E-state index contributed by atoms with van der Waals surface area (Å²) in [5.74, 6) is 1.09. The van der Waals surface area contributed by atoms with Crippen LogP contribution in [0.2, 0.25) is 0 Å². The first kappa shape index (κ1) is 15.4. The van der Waals surface area contributed by atoms with Crippen LogP contribution in [0.5, 0.6) is 5.75 Å². The average molecular weight is 333 g/mol. The number of methoxy groups -OCH3 is 1. The molecular formula is C20H19N3O2. The number of carbonyl (C=O) groups excluding carboxylic acids is 1. The summed E-state index contributed by atoms with van der Waals surface area (Å²) in [6.07, 6.45) is 4.41. The summed E-state index contributed by atoms with van der Waals surface area (Å²) < 4.78 is 5.25. The van der Waals surface area contributed by atoms with Gasteiger partial charge in [0.2, 0.25) is 5.91 Å². The minimum atomic E-state index is -0.0254. The van der Waals surface area contributed by atoms with Gasteiger partial charge in [0, 0.05) is 28.6 Å². The lowest BCUT2D eigenvalue weighted by molar-refractivity contribution is -0.122. The molecular weight excluding hydrogens is 314 g/mol. The number of carbonyl (C=O) groups is 1. The molecule has 1 saturated carbocycles. The number of aromatic nitrogens is 1. The predicted octanol–water partition coefficient (Wildman–Crippen LogP) is 3.43. The van der Waals surface area contributed by atoms with Crippen molar-refractivity contribution >= 4 is 23.0 Å². The van der Waals surface area contributed by atoms with Crippen molar-refractivity contribution in [2.45, 2.75) is 12.3 Å². The number of ether oxygens (including phenoxy) is 1. The smallest absolute Gasteiger partial charge is 0.243 e. The summed E-state index contributed by atoms with van der Waals surface area (Å²) in [6, 6.07) is 15.9. The Kier molecular flexibility index (Phi) is 3.98. The van der Waals surface area contributed by atoms with Gasteiger partial charge in [-0.1, -0.05) is 30.3 Å². The molecule has 25 heavy (non-hydrogen) atoms. The second-order valence-electron chi connectivity index (χ2n) is 6.25.